The van der Waals surface area contributed by atoms with E-state index in [1.165, 1.54) is 22.5 Å². The molecule has 2 aromatic carbocycles. The van der Waals surface area contributed by atoms with Crippen molar-refractivity contribution < 1.29 is 26.4 Å². The molecule has 1 aliphatic heterocycles. The monoisotopic (exact) mass is 528 g/mol. The van der Waals surface area contributed by atoms with Gasteiger partial charge in [-0.15, -0.1) is 0 Å². The Morgan fingerprint density at radius 1 is 1.09 bits per heavy atom. The Hall–Kier alpha value is -1.52. The molecule has 1 heterocycles. The second-order valence-corrected chi connectivity index (χ2v) is 10.5. The third-order valence-corrected chi connectivity index (χ3v) is 7.89. The number of piperidine rings is 1. The normalized spacial score (nSPS) is 17.9. The molecule has 1 fully saturated rings. The van der Waals surface area contributed by atoms with E-state index in [0.29, 0.717) is 12.8 Å². The van der Waals surface area contributed by atoms with Gasteiger partial charge >= 0.3 is 6.18 Å². The third-order valence-electron chi connectivity index (χ3n) is 5.08. The van der Waals surface area contributed by atoms with Crippen LogP contribution in [0.1, 0.15) is 24.0 Å². The molecule has 0 bridgehead atoms. The van der Waals surface area contributed by atoms with E-state index in [1.807, 2.05) is 0 Å². The van der Waals surface area contributed by atoms with Crippen molar-refractivity contribution in [3.8, 4) is 0 Å². The van der Waals surface area contributed by atoms with Crippen LogP contribution in [0.5, 0.6) is 0 Å². The third kappa shape index (κ3) is 5.88. The standard InChI is InChI=1S/C20H18Cl3F3N2O3S/c21-16-4-1-5-17(22)14(16)11-32(30,31)28-8-2-3-12(10-28)19(29)27-13-6-7-18(23)15(9-13)20(24,25)26/h1,4-7,9,12H,2-3,8,10-11H2,(H,27,29). The number of hydrogen-bond donors (Lipinski definition) is 1. The number of alkyl halides is 3. The molecular weight excluding hydrogens is 512 g/mol. The molecule has 2 aromatic rings. The Morgan fingerprint density at radius 2 is 1.75 bits per heavy atom. The van der Waals surface area contributed by atoms with Crippen LogP contribution in [0.3, 0.4) is 0 Å². The molecule has 5 nitrogen and oxygen atoms in total. The van der Waals surface area contributed by atoms with Crippen molar-refractivity contribution in [1.82, 2.24) is 4.31 Å². The van der Waals surface area contributed by atoms with Crippen LogP contribution in [0.25, 0.3) is 0 Å². The Morgan fingerprint density at radius 3 is 2.38 bits per heavy atom. The van der Waals surface area contributed by atoms with Gasteiger partial charge in [0, 0.05) is 34.4 Å². The van der Waals surface area contributed by atoms with Crippen LogP contribution in [0.4, 0.5) is 18.9 Å². The van der Waals surface area contributed by atoms with Gasteiger partial charge in [0.15, 0.2) is 0 Å². The minimum Gasteiger partial charge on any atom is -0.326 e. The van der Waals surface area contributed by atoms with Crippen LogP contribution in [-0.2, 0) is 26.7 Å². The number of hydrogen-bond acceptors (Lipinski definition) is 3. The van der Waals surface area contributed by atoms with E-state index >= 15 is 0 Å². The highest BCUT2D eigenvalue weighted by Crippen LogP contribution is 2.36. The highest BCUT2D eigenvalue weighted by atomic mass is 35.5. The number of amides is 1. The molecule has 0 aliphatic carbocycles. The number of anilines is 1. The van der Waals surface area contributed by atoms with Crippen LogP contribution < -0.4 is 5.32 Å². The smallest absolute Gasteiger partial charge is 0.326 e. The van der Waals surface area contributed by atoms with Gasteiger partial charge in [0.2, 0.25) is 15.9 Å². The van der Waals surface area contributed by atoms with Gasteiger partial charge in [-0.3, -0.25) is 4.79 Å². The van der Waals surface area contributed by atoms with E-state index in [9.17, 15) is 26.4 Å². The average Bonchev–Trinajstić information content (AvgIpc) is 2.71. The van der Waals surface area contributed by atoms with Crippen LogP contribution in [-0.4, -0.2) is 31.7 Å². The second kappa shape index (κ2) is 9.77. The van der Waals surface area contributed by atoms with Gasteiger partial charge in [-0.05, 0) is 43.2 Å². The number of rotatable bonds is 5. The van der Waals surface area contributed by atoms with Crippen LogP contribution in [0.2, 0.25) is 15.1 Å². The number of carbonyl (C=O) groups is 1. The lowest BCUT2D eigenvalue weighted by Crippen LogP contribution is -2.44. The SMILES string of the molecule is O=C(Nc1ccc(Cl)c(C(F)(F)F)c1)C1CCCN(S(=O)(=O)Cc2c(Cl)cccc2Cl)C1. The van der Waals surface area contributed by atoms with E-state index in [0.717, 1.165) is 12.1 Å². The highest BCUT2D eigenvalue weighted by molar-refractivity contribution is 7.88. The first-order chi connectivity index (χ1) is 14.9. The molecule has 0 aromatic heterocycles. The summed E-state index contributed by atoms with van der Waals surface area (Å²) in [7, 11) is -3.83. The second-order valence-electron chi connectivity index (χ2n) is 7.34. The van der Waals surface area contributed by atoms with E-state index in [1.54, 1.807) is 6.07 Å². The maximum absolute atomic E-state index is 13.0. The fraction of sp³-hybridized carbons (Fsp3) is 0.350. The summed E-state index contributed by atoms with van der Waals surface area (Å²) >= 11 is 17.8. The quantitative estimate of drug-likeness (QED) is 0.529. The molecule has 32 heavy (non-hydrogen) atoms. The zero-order valence-corrected chi connectivity index (χ0v) is 19.5. The van der Waals surface area contributed by atoms with Crippen molar-refractivity contribution in [2.24, 2.45) is 5.92 Å². The Labute approximate surface area is 198 Å². The fourth-order valence-corrected chi connectivity index (χ4v) is 6.00. The molecule has 1 saturated heterocycles. The van der Waals surface area contributed by atoms with Gasteiger partial charge < -0.3 is 5.32 Å². The molecular formula is C20H18Cl3F3N2O3S. The van der Waals surface area contributed by atoms with Crippen molar-refractivity contribution >= 4 is 56.4 Å². The molecule has 1 unspecified atom stereocenters. The predicted octanol–water partition coefficient (Wildman–Crippen LogP) is 5.85. The van der Waals surface area contributed by atoms with E-state index in [4.69, 9.17) is 34.8 Å². The fourth-order valence-electron chi connectivity index (χ4n) is 3.42. The lowest BCUT2D eigenvalue weighted by Gasteiger charge is -2.31. The first-order valence-electron chi connectivity index (χ1n) is 9.47. The number of sulfonamides is 1. The van der Waals surface area contributed by atoms with Crippen LogP contribution in [0.15, 0.2) is 36.4 Å². The van der Waals surface area contributed by atoms with Crippen LogP contribution >= 0.6 is 34.8 Å². The van der Waals surface area contributed by atoms with E-state index in [2.05, 4.69) is 5.32 Å². The van der Waals surface area contributed by atoms with Crippen molar-refractivity contribution in [3.63, 3.8) is 0 Å². The summed E-state index contributed by atoms with van der Waals surface area (Å²) in [5.74, 6) is -1.73. The summed E-state index contributed by atoms with van der Waals surface area (Å²) in [6.07, 6.45) is -3.86. The average molecular weight is 530 g/mol. The van der Waals surface area contributed by atoms with Gasteiger partial charge in [-0.2, -0.15) is 13.2 Å². The molecule has 174 valence electrons. The van der Waals surface area contributed by atoms with E-state index in [-0.39, 0.29) is 34.4 Å². The predicted molar refractivity (Wildman–Crippen MR) is 118 cm³/mol. The summed E-state index contributed by atoms with van der Waals surface area (Å²) in [5, 5.41) is 2.38. The Kier molecular flexibility index (Phi) is 7.66. The molecule has 0 radical (unpaired) electrons. The summed E-state index contributed by atoms with van der Waals surface area (Å²) in [4.78, 5) is 12.7. The molecule has 3 rings (SSSR count). The molecule has 1 aliphatic rings. The largest absolute Gasteiger partial charge is 0.417 e. The summed E-state index contributed by atoms with van der Waals surface area (Å²) in [5.41, 5.74) is -0.876. The van der Waals surface area contributed by atoms with Crippen molar-refractivity contribution in [2.45, 2.75) is 24.8 Å². The summed E-state index contributed by atoms with van der Waals surface area (Å²) in [6, 6.07) is 7.72. The van der Waals surface area contributed by atoms with Crippen molar-refractivity contribution in [1.29, 1.82) is 0 Å². The first-order valence-corrected chi connectivity index (χ1v) is 12.2. The maximum Gasteiger partial charge on any atom is 0.417 e. The van der Waals surface area contributed by atoms with Crippen molar-refractivity contribution in [2.75, 3.05) is 18.4 Å². The van der Waals surface area contributed by atoms with Gasteiger partial charge in [0.05, 0.1) is 22.3 Å². The molecule has 0 saturated carbocycles. The van der Waals surface area contributed by atoms with Crippen LogP contribution in [0, 0.1) is 5.92 Å². The molecule has 1 amide bonds. The van der Waals surface area contributed by atoms with Gasteiger partial charge in [-0.1, -0.05) is 40.9 Å². The lowest BCUT2D eigenvalue weighted by molar-refractivity contribution is -0.137. The summed E-state index contributed by atoms with van der Waals surface area (Å²) < 4.78 is 66.2. The Bertz CT molecular complexity index is 1110. The maximum atomic E-state index is 13.0. The Balaban J connectivity index is 1.72. The number of halogens is 6. The lowest BCUT2D eigenvalue weighted by atomic mass is 9.98. The summed E-state index contributed by atoms with van der Waals surface area (Å²) in [6.45, 7) is 0.114. The molecule has 1 N–H and O–H groups in total. The number of nitrogens with zero attached hydrogens (tertiary/aromatic N) is 1. The van der Waals surface area contributed by atoms with Crippen molar-refractivity contribution in [3.05, 3.63) is 62.6 Å². The molecule has 12 heteroatoms. The van der Waals surface area contributed by atoms with Gasteiger partial charge in [0.25, 0.3) is 0 Å². The topological polar surface area (TPSA) is 66.5 Å². The number of carbonyl (C=O) groups excluding carboxylic acids is 1. The van der Waals surface area contributed by atoms with Gasteiger partial charge in [-0.25, -0.2) is 12.7 Å². The minimum absolute atomic E-state index is 0.0745. The first kappa shape index (κ1) is 25.1. The minimum atomic E-state index is -4.67. The number of nitrogens with one attached hydrogen (secondary N) is 1. The highest BCUT2D eigenvalue weighted by Gasteiger charge is 2.35. The van der Waals surface area contributed by atoms with E-state index < -0.39 is 44.4 Å². The molecule has 1 atom stereocenters. The zero-order chi connectivity index (χ0) is 23.7. The van der Waals surface area contributed by atoms with Gasteiger partial charge in [0.1, 0.15) is 0 Å². The number of benzene rings is 2. The zero-order valence-electron chi connectivity index (χ0n) is 16.4. The molecule has 0 spiro atoms.